The average Bonchev–Trinajstić information content (AvgIpc) is 2.37. The maximum atomic E-state index is 6.14. The summed E-state index contributed by atoms with van der Waals surface area (Å²) in [5, 5.41) is 0. The highest BCUT2D eigenvalue weighted by Gasteiger charge is 2.22. The van der Waals surface area contributed by atoms with E-state index in [0.29, 0.717) is 12.6 Å². The Hall–Kier alpha value is -1.09. The molecule has 3 heteroatoms. The number of hydrogen-bond donors (Lipinski definition) is 1. The second-order valence-corrected chi connectivity index (χ2v) is 7.16. The quantitative estimate of drug-likeness (QED) is 0.913. The molecular formula is C17H28N2O. The van der Waals surface area contributed by atoms with Gasteiger partial charge in [0.05, 0.1) is 5.69 Å². The van der Waals surface area contributed by atoms with Gasteiger partial charge in [-0.25, -0.2) is 4.98 Å². The third-order valence-electron chi connectivity index (χ3n) is 4.04. The van der Waals surface area contributed by atoms with Crippen molar-refractivity contribution < 1.29 is 4.74 Å². The molecule has 1 aliphatic carbocycles. The van der Waals surface area contributed by atoms with Gasteiger partial charge < -0.3 is 10.5 Å². The molecule has 2 rings (SSSR count). The predicted octanol–water partition coefficient (Wildman–Crippen LogP) is 3.80. The lowest BCUT2D eigenvalue weighted by Crippen LogP contribution is -2.25. The summed E-state index contributed by atoms with van der Waals surface area (Å²) in [4.78, 5) is 4.69. The summed E-state index contributed by atoms with van der Waals surface area (Å²) in [5.74, 6) is 1.51. The highest BCUT2D eigenvalue weighted by atomic mass is 16.5. The number of ether oxygens (including phenoxy) is 1. The van der Waals surface area contributed by atoms with Gasteiger partial charge in [-0.1, -0.05) is 34.1 Å². The zero-order valence-corrected chi connectivity index (χ0v) is 13.3. The first-order valence-electron chi connectivity index (χ1n) is 7.76. The smallest absolute Gasteiger partial charge is 0.214 e. The minimum atomic E-state index is 0.0170. The molecule has 0 spiro atoms. The Morgan fingerprint density at radius 1 is 1.30 bits per heavy atom. The molecular weight excluding hydrogens is 248 g/mol. The van der Waals surface area contributed by atoms with Crippen LogP contribution in [0.15, 0.2) is 12.1 Å². The average molecular weight is 276 g/mol. The number of nitrogens with zero attached hydrogens (tertiary/aromatic N) is 1. The van der Waals surface area contributed by atoms with Gasteiger partial charge in [-0.2, -0.15) is 0 Å². The molecule has 2 atom stereocenters. The monoisotopic (exact) mass is 276 g/mol. The maximum absolute atomic E-state index is 6.14. The van der Waals surface area contributed by atoms with Crippen LogP contribution in [0.3, 0.4) is 0 Å². The fourth-order valence-corrected chi connectivity index (χ4v) is 2.78. The number of rotatable bonds is 3. The summed E-state index contributed by atoms with van der Waals surface area (Å²) in [7, 11) is 0. The van der Waals surface area contributed by atoms with E-state index >= 15 is 0 Å². The minimum absolute atomic E-state index is 0.0170. The van der Waals surface area contributed by atoms with Crippen molar-refractivity contribution in [2.45, 2.75) is 71.4 Å². The van der Waals surface area contributed by atoms with Crippen LogP contribution >= 0.6 is 0 Å². The van der Waals surface area contributed by atoms with E-state index in [1.54, 1.807) is 0 Å². The molecule has 1 saturated carbocycles. The van der Waals surface area contributed by atoms with Crippen molar-refractivity contribution in [1.82, 2.24) is 4.98 Å². The van der Waals surface area contributed by atoms with Gasteiger partial charge in [0.15, 0.2) is 0 Å². The Morgan fingerprint density at radius 2 is 2.05 bits per heavy atom. The number of nitrogens with two attached hydrogens (primary N) is 1. The zero-order valence-electron chi connectivity index (χ0n) is 13.3. The first-order valence-corrected chi connectivity index (χ1v) is 7.76. The maximum Gasteiger partial charge on any atom is 0.214 e. The van der Waals surface area contributed by atoms with Crippen LogP contribution in [0.5, 0.6) is 5.88 Å². The Labute approximate surface area is 122 Å². The van der Waals surface area contributed by atoms with Gasteiger partial charge in [-0.3, -0.25) is 0 Å². The van der Waals surface area contributed by atoms with Gasteiger partial charge in [0.25, 0.3) is 0 Å². The van der Waals surface area contributed by atoms with Gasteiger partial charge >= 0.3 is 0 Å². The molecule has 2 N–H and O–H groups in total. The first-order chi connectivity index (χ1) is 9.38. The molecule has 112 valence electrons. The molecule has 1 aliphatic rings. The van der Waals surface area contributed by atoms with Gasteiger partial charge in [0.2, 0.25) is 5.88 Å². The largest absolute Gasteiger partial charge is 0.474 e. The second-order valence-electron chi connectivity index (χ2n) is 7.16. The molecule has 0 bridgehead atoms. The van der Waals surface area contributed by atoms with Crippen LogP contribution in [0.4, 0.5) is 0 Å². The number of pyridine rings is 1. The van der Waals surface area contributed by atoms with Crippen LogP contribution in [0.25, 0.3) is 0 Å². The molecule has 1 heterocycles. The first kappa shape index (κ1) is 15.3. The van der Waals surface area contributed by atoms with Crippen LogP contribution in [0.2, 0.25) is 0 Å². The fraction of sp³-hybridized carbons (Fsp3) is 0.706. The third-order valence-corrected chi connectivity index (χ3v) is 4.04. The molecule has 0 radical (unpaired) electrons. The second kappa shape index (κ2) is 6.13. The van der Waals surface area contributed by atoms with E-state index in [-0.39, 0.29) is 5.41 Å². The number of aromatic nitrogens is 1. The van der Waals surface area contributed by atoms with Crippen LogP contribution in [-0.2, 0) is 12.0 Å². The van der Waals surface area contributed by atoms with E-state index < -0.39 is 0 Å². The summed E-state index contributed by atoms with van der Waals surface area (Å²) in [6, 6.07) is 4.09. The molecule has 20 heavy (non-hydrogen) atoms. The predicted molar refractivity (Wildman–Crippen MR) is 82.9 cm³/mol. The van der Waals surface area contributed by atoms with E-state index in [1.165, 1.54) is 12.8 Å². The minimum Gasteiger partial charge on any atom is -0.474 e. The van der Waals surface area contributed by atoms with E-state index in [9.17, 15) is 0 Å². The molecule has 0 aliphatic heterocycles. The summed E-state index contributed by atoms with van der Waals surface area (Å²) in [5.41, 5.74) is 7.98. The molecule has 0 aromatic carbocycles. The number of hydrogen-bond acceptors (Lipinski definition) is 3. The lowest BCUT2D eigenvalue weighted by molar-refractivity contribution is 0.123. The topological polar surface area (TPSA) is 48.1 Å². The van der Waals surface area contributed by atoms with Crippen LogP contribution in [0.1, 0.15) is 64.6 Å². The van der Waals surface area contributed by atoms with E-state index in [1.807, 2.05) is 6.07 Å². The lowest BCUT2D eigenvalue weighted by atomic mass is 9.88. The standard InChI is InChI=1S/C17H28N2O/c1-12-6-5-7-14(8-12)20-16-10-13(11-18)9-15(19-16)17(2,3)4/h9-10,12,14H,5-8,11,18H2,1-4H3. The van der Waals surface area contributed by atoms with Crippen molar-refractivity contribution in [3.8, 4) is 5.88 Å². The fourth-order valence-electron chi connectivity index (χ4n) is 2.78. The van der Waals surface area contributed by atoms with Crippen molar-refractivity contribution in [3.63, 3.8) is 0 Å². The molecule has 1 fully saturated rings. The van der Waals surface area contributed by atoms with E-state index in [4.69, 9.17) is 15.5 Å². The lowest BCUT2D eigenvalue weighted by Gasteiger charge is -2.28. The Kier molecular flexibility index (Phi) is 4.69. The van der Waals surface area contributed by atoms with Crippen molar-refractivity contribution in [3.05, 3.63) is 23.4 Å². The summed E-state index contributed by atoms with van der Waals surface area (Å²) in [6.45, 7) is 9.34. The third kappa shape index (κ3) is 3.95. The molecule has 1 aromatic rings. The molecule has 1 aromatic heterocycles. The van der Waals surface area contributed by atoms with Crippen molar-refractivity contribution in [1.29, 1.82) is 0 Å². The molecule has 2 unspecified atom stereocenters. The summed E-state index contributed by atoms with van der Waals surface area (Å²) >= 11 is 0. The van der Waals surface area contributed by atoms with Gasteiger partial charge in [-0.15, -0.1) is 0 Å². The Balaban J connectivity index is 2.18. The van der Waals surface area contributed by atoms with Crippen molar-refractivity contribution >= 4 is 0 Å². The van der Waals surface area contributed by atoms with Crippen LogP contribution < -0.4 is 10.5 Å². The highest BCUT2D eigenvalue weighted by Crippen LogP contribution is 2.29. The molecule has 0 saturated heterocycles. The Morgan fingerprint density at radius 3 is 2.65 bits per heavy atom. The van der Waals surface area contributed by atoms with Crippen LogP contribution in [-0.4, -0.2) is 11.1 Å². The van der Waals surface area contributed by atoms with Crippen molar-refractivity contribution in [2.24, 2.45) is 11.7 Å². The van der Waals surface area contributed by atoms with E-state index in [2.05, 4.69) is 33.8 Å². The molecule has 3 nitrogen and oxygen atoms in total. The zero-order chi connectivity index (χ0) is 14.8. The normalized spacial score (nSPS) is 23.6. The van der Waals surface area contributed by atoms with Crippen LogP contribution in [0, 0.1) is 5.92 Å². The van der Waals surface area contributed by atoms with Gasteiger partial charge in [0, 0.05) is 18.0 Å². The van der Waals surface area contributed by atoms with Gasteiger partial charge in [0.1, 0.15) is 6.10 Å². The van der Waals surface area contributed by atoms with Crippen molar-refractivity contribution in [2.75, 3.05) is 0 Å². The SMILES string of the molecule is CC1CCCC(Oc2cc(CN)cc(C(C)(C)C)n2)C1. The Bertz CT molecular complexity index is 451. The highest BCUT2D eigenvalue weighted by molar-refractivity contribution is 5.28. The van der Waals surface area contributed by atoms with E-state index in [0.717, 1.165) is 35.9 Å². The summed E-state index contributed by atoms with van der Waals surface area (Å²) in [6.07, 6.45) is 5.17. The summed E-state index contributed by atoms with van der Waals surface area (Å²) < 4.78 is 6.14. The molecule has 0 amide bonds. The van der Waals surface area contributed by atoms with Gasteiger partial charge in [-0.05, 0) is 36.8 Å².